The first-order valence-corrected chi connectivity index (χ1v) is 8.30. The fraction of sp³-hybridized carbons (Fsp3) is 0.150. The van der Waals surface area contributed by atoms with Crippen molar-refractivity contribution in [3.05, 3.63) is 77.9 Å². The summed E-state index contributed by atoms with van der Waals surface area (Å²) in [5, 5.41) is 4.37. The van der Waals surface area contributed by atoms with Crippen molar-refractivity contribution in [1.82, 2.24) is 19.7 Å². The number of nitrogens with zero attached hydrogens (tertiary/aromatic N) is 4. The van der Waals surface area contributed by atoms with Crippen LogP contribution >= 0.6 is 0 Å². The molecule has 3 aromatic heterocycles. The molecule has 0 bridgehead atoms. The highest BCUT2D eigenvalue weighted by Crippen LogP contribution is 2.32. The number of hydrogen-bond acceptors (Lipinski definition) is 3. The Morgan fingerprint density at radius 2 is 1.85 bits per heavy atom. The number of halogens is 3. The molecule has 0 fully saturated rings. The first-order valence-electron chi connectivity index (χ1n) is 8.30. The van der Waals surface area contributed by atoms with Crippen LogP contribution in [0.3, 0.4) is 0 Å². The van der Waals surface area contributed by atoms with E-state index in [1.54, 1.807) is 35.5 Å². The third-order valence-electron chi connectivity index (χ3n) is 4.49. The van der Waals surface area contributed by atoms with E-state index in [0.717, 1.165) is 28.8 Å². The molecule has 27 heavy (non-hydrogen) atoms. The zero-order valence-corrected chi connectivity index (χ0v) is 14.4. The molecule has 0 unspecified atom stereocenters. The molecule has 0 saturated carbocycles. The van der Waals surface area contributed by atoms with Gasteiger partial charge in [-0.05, 0) is 47.9 Å². The van der Waals surface area contributed by atoms with Gasteiger partial charge in [0.15, 0.2) is 0 Å². The van der Waals surface area contributed by atoms with E-state index in [1.165, 1.54) is 6.07 Å². The van der Waals surface area contributed by atoms with Gasteiger partial charge in [0.2, 0.25) is 0 Å². The first-order chi connectivity index (χ1) is 12.9. The van der Waals surface area contributed by atoms with Gasteiger partial charge in [-0.15, -0.1) is 0 Å². The molecule has 0 saturated heterocycles. The van der Waals surface area contributed by atoms with Gasteiger partial charge in [0, 0.05) is 24.2 Å². The maximum absolute atomic E-state index is 13.0. The standard InChI is InChI=1S/C20H15F3N4/c1-13-5-6-24-9-16(13)12-27-19-8-15(10-25-18(19)11-26-27)14-3-2-4-17(7-14)20(21,22)23/h2-11H,12H2,1H3. The Morgan fingerprint density at radius 3 is 2.63 bits per heavy atom. The maximum atomic E-state index is 13.0. The van der Waals surface area contributed by atoms with Gasteiger partial charge in [0.1, 0.15) is 5.52 Å². The van der Waals surface area contributed by atoms with Crippen LogP contribution < -0.4 is 0 Å². The third-order valence-corrected chi connectivity index (χ3v) is 4.49. The van der Waals surface area contributed by atoms with Crippen LogP contribution in [0.25, 0.3) is 22.2 Å². The van der Waals surface area contributed by atoms with Gasteiger partial charge in [-0.25, -0.2) is 0 Å². The highest BCUT2D eigenvalue weighted by molar-refractivity contribution is 5.80. The molecule has 0 aliphatic carbocycles. The van der Waals surface area contributed by atoms with Crippen LogP contribution in [0, 0.1) is 6.92 Å². The lowest BCUT2D eigenvalue weighted by Crippen LogP contribution is -2.05. The summed E-state index contributed by atoms with van der Waals surface area (Å²) in [4.78, 5) is 8.49. The average molecular weight is 368 g/mol. The molecule has 0 spiro atoms. The summed E-state index contributed by atoms with van der Waals surface area (Å²) in [6.45, 7) is 2.51. The Kier molecular flexibility index (Phi) is 4.14. The van der Waals surface area contributed by atoms with Gasteiger partial charge < -0.3 is 0 Å². The van der Waals surface area contributed by atoms with Gasteiger partial charge >= 0.3 is 6.18 Å². The van der Waals surface area contributed by atoms with Gasteiger partial charge in [-0.3, -0.25) is 14.6 Å². The second-order valence-electron chi connectivity index (χ2n) is 6.31. The quantitative estimate of drug-likeness (QED) is 0.518. The van der Waals surface area contributed by atoms with Crippen LogP contribution in [0.4, 0.5) is 13.2 Å². The molecule has 3 heterocycles. The molecule has 0 N–H and O–H groups in total. The molecular formula is C20H15F3N4. The van der Waals surface area contributed by atoms with E-state index in [4.69, 9.17) is 0 Å². The van der Waals surface area contributed by atoms with Gasteiger partial charge in [0.05, 0.1) is 23.8 Å². The lowest BCUT2D eigenvalue weighted by atomic mass is 10.0. The van der Waals surface area contributed by atoms with Crippen molar-refractivity contribution in [2.45, 2.75) is 19.6 Å². The summed E-state index contributed by atoms with van der Waals surface area (Å²) >= 11 is 0. The predicted octanol–water partition coefficient (Wildman–Crippen LogP) is 4.87. The third kappa shape index (κ3) is 3.40. The Hall–Kier alpha value is -3.22. The Balaban J connectivity index is 1.76. The molecule has 0 aliphatic rings. The van der Waals surface area contributed by atoms with Crippen molar-refractivity contribution in [3.8, 4) is 11.1 Å². The molecular weight excluding hydrogens is 353 g/mol. The van der Waals surface area contributed by atoms with E-state index < -0.39 is 11.7 Å². The van der Waals surface area contributed by atoms with Crippen LogP contribution in [-0.4, -0.2) is 19.7 Å². The van der Waals surface area contributed by atoms with Crippen LogP contribution in [0.15, 0.2) is 61.2 Å². The molecule has 0 amide bonds. The van der Waals surface area contributed by atoms with E-state index >= 15 is 0 Å². The molecule has 4 rings (SSSR count). The van der Waals surface area contributed by atoms with Crippen LogP contribution in [0.5, 0.6) is 0 Å². The zero-order chi connectivity index (χ0) is 19.0. The largest absolute Gasteiger partial charge is 0.416 e. The lowest BCUT2D eigenvalue weighted by Gasteiger charge is -2.10. The lowest BCUT2D eigenvalue weighted by molar-refractivity contribution is -0.137. The van der Waals surface area contributed by atoms with E-state index in [0.29, 0.717) is 23.2 Å². The number of aromatic nitrogens is 4. The summed E-state index contributed by atoms with van der Waals surface area (Å²) in [5.41, 5.74) is 3.95. The molecule has 0 aliphatic heterocycles. The Labute approximate surface area is 153 Å². The SMILES string of the molecule is Cc1ccncc1Cn1ncc2ncc(-c3cccc(C(F)(F)F)c3)cc21. The monoisotopic (exact) mass is 368 g/mol. The molecule has 0 radical (unpaired) electrons. The molecule has 7 heteroatoms. The first kappa shape index (κ1) is 17.2. The second kappa shape index (κ2) is 6.50. The Bertz CT molecular complexity index is 1120. The number of pyridine rings is 2. The van der Waals surface area contributed by atoms with E-state index in [-0.39, 0.29) is 0 Å². The summed E-state index contributed by atoms with van der Waals surface area (Å²) in [6, 6.07) is 8.98. The fourth-order valence-corrected chi connectivity index (χ4v) is 2.94. The molecule has 0 atom stereocenters. The highest BCUT2D eigenvalue weighted by atomic mass is 19.4. The summed E-state index contributed by atoms with van der Waals surface area (Å²) < 4.78 is 40.8. The van der Waals surface area contributed by atoms with Crippen molar-refractivity contribution in [3.63, 3.8) is 0 Å². The number of benzene rings is 1. The van der Waals surface area contributed by atoms with Crippen LogP contribution in [-0.2, 0) is 12.7 Å². The van der Waals surface area contributed by atoms with Crippen molar-refractivity contribution >= 4 is 11.0 Å². The van der Waals surface area contributed by atoms with Crippen molar-refractivity contribution in [2.24, 2.45) is 0 Å². The van der Waals surface area contributed by atoms with Crippen molar-refractivity contribution in [1.29, 1.82) is 0 Å². The fourth-order valence-electron chi connectivity index (χ4n) is 2.94. The average Bonchev–Trinajstić information content (AvgIpc) is 3.05. The number of rotatable bonds is 3. The normalized spacial score (nSPS) is 11.9. The van der Waals surface area contributed by atoms with Crippen LogP contribution in [0.2, 0.25) is 0 Å². The number of hydrogen-bond donors (Lipinski definition) is 0. The van der Waals surface area contributed by atoms with Crippen molar-refractivity contribution in [2.75, 3.05) is 0 Å². The molecule has 4 aromatic rings. The minimum absolute atomic E-state index is 0.463. The predicted molar refractivity (Wildman–Crippen MR) is 96.0 cm³/mol. The smallest absolute Gasteiger partial charge is 0.264 e. The second-order valence-corrected chi connectivity index (χ2v) is 6.31. The van der Waals surface area contributed by atoms with E-state index in [1.807, 2.05) is 19.1 Å². The highest BCUT2D eigenvalue weighted by Gasteiger charge is 2.30. The van der Waals surface area contributed by atoms with Gasteiger partial charge in [-0.2, -0.15) is 18.3 Å². The number of aryl methyl sites for hydroxylation is 1. The Morgan fingerprint density at radius 1 is 1.00 bits per heavy atom. The molecule has 136 valence electrons. The van der Waals surface area contributed by atoms with Crippen molar-refractivity contribution < 1.29 is 13.2 Å². The summed E-state index contributed by atoms with van der Waals surface area (Å²) in [7, 11) is 0. The molecule has 4 nitrogen and oxygen atoms in total. The minimum atomic E-state index is -4.38. The van der Waals surface area contributed by atoms with Gasteiger partial charge in [0.25, 0.3) is 0 Å². The minimum Gasteiger partial charge on any atom is -0.264 e. The number of alkyl halides is 3. The van der Waals surface area contributed by atoms with Crippen LogP contribution in [0.1, 0.15) is 16.7 Å². The summed E-state index contributed by atoms with van der Waals surface area (Å²) in [5.74, 6) is 0. The number of fused-ring (bicyclic) bond motifs is 1. The van der Waals surface area contributed by atoms with E-state index in [2.05, 4.69) is 15.1 Å². The zero-order valence-electron chi connectivity index (χ0n) is 14.4. The van der Waals surface area contributed by atoms with E-state index in [9.17, 15) is 13.2 Å². The summed E-state index contributed by atoms with van der Waals surface area (Å²) in [6.07, 6.45) is 2.35. The van der Waals surface area contributed by atoms with Gasteiger partial charge in [-0.1, -0.05) is 12.1 Å². The maximum Gasteiger partial charge on any atom is 0.416 e. The topological polar surface area (TPSA) is 43.6 Å². The molecule has 1 aromatic carbocycles.